The largest absolute Gasteiger partial charge is 0.207 e. The van der Waals surface area contributed by atoms with Crippen LogP contribution in [0.15, 0.2) is 18.2 Å². The molecule has 2 heteroatoms. The molecule has 0 fully saturated rings. The van der Waals surface area contributed by atoms with Crippen LogP contribution in [0.5, 0.6) is 0 Å². The van der Waals surface area contributed by atoms with Crippen molar-refractivity contribution < 1.29 is 8.78 Å². The molecule has 1 aromatic carbocycles. The van der Waals surface area contributed by atoms with Crippen LogP contribution in [-0.4, -0.2) is 0 Å². The molecule has 0 N–H and O–H groups in total. The zero-order chi connectivity index (χ0) is 11.1. The maximum Gasteiger partial charge on any atom is 0.129 e. The Morgan fingerprint density at radius 1 is 1.14 bits per heavy atom. The van der Waals surface area contributed by atoms with Crippen molar-refractivity contribution in [2.45, 2.75) is 34.1 Å². The van der Waals surface area contributed by atoms with E-state index in [-0.39, 0.29) is 0 Å². The number of hydrogen-bond donors (Lipinski definition) is 0. The summed E-state index contributed by atoms with van der Waals surface area (Å²) in [5.41, 5.74) is 0.589. The molecule has 0 aliphatic carbocycles. The molecule has 1 rings (SSSR count). The van der Waals surface area contributed by atoms with Crippen molar-refractivity contribution in [1.29, 1.82) is 0 Å². The number of halogens is 2. The molecule has 0 amide bonds. The Morgan fingerprint density at radius 2 is 1.71 bits per heavy atom. The van der Waals surface area contributed by atoms with Crippen molar-refractivity contribution in [2.24, 2.45) is 5.92 Å². The minimum absolute atomic E-state index is 0.393. The second-order valence-corrected chi connectivity index (χ2v) is 3.33. The molecule has 0 radical (unpaired) electrons. The van der Waals surface area contributed by atoms with Crippen LogP contribution in [0.25, 0.3) is 0 Å². The number of rotatable bonds is 2. The van der Waals surface area contributed by atoms with E-state index in [0.29, 0.717) is 17.9 Å². The quantitative estimate of drug-likeness (QED) is 0.671. The van der Waals surface area contributed by atoms with E-state index in [4.69, 9.17) is 0 Å². The first kappa shape index (κ1) is 13.1. The zero-order valence-corrected chi connectivity index (χ0v) is 9.27. The second-order valence-electron chi connectivity index (χ2n) is 3.33. The fourth-order valence-corrected chi connectivity index (χ4v) is 1.13. The van der Waals surface area contributed by atoms with Gasteiger partial charge in [-0.15, -0.1) is 0 Å². The monoisotopic (exact) mass is 200 g/mol. The molecule has 14 heavy (non-hydrogen) atoms. The molecule has 0 aliphatic heterocycles. The molecule has 0 atom stereocenters. The number of benzene rings is 1. The summed E-state index contributed by atoms with van der Waals surface area (Å²) in [6.45, 7) is 8.01. The minimum atomic E-state index is -0.514. The van der Waals surface area contributed by atoms with Gasteiger partial charge in [0.15, 0.2) is 0 Å². The van der Waals surface area contributed by atoms with Crippen molar-refractivity contribution in [3.05, 3.63) is 35.4 Å². The molecule has 0 bridgehead atoms. The summed E-state index contributed by atoms with van der Waals surface area (Å²) in [5.74, 6) is -0.561. The molecule has 0 saturated carbocycles. The van der Waals surface area contributed by atoms with Crippen LogP contribution in [0.1, 0.15) is 33.3 Å². The highest BCUT2D eigenvalue weighted by Gasteiger charge is 2.04. The van der Waals surface area contributed by atoms with E-state index in [1.165, 1.54) is 12.1 Å². The molecule has 1 aromatic rings. The maximum absolute atomic E-state index is 13.0. The molecule has 0 aliphatic rings. The van der Waals surface area contributed by atoms with Gasteiger partial charge in [-0.25, -0.2) is 8.78 Å². The van der Waals surface area contributed by atoms with E-state index < -0.39 is 11.6 Å². The summed E-state index contributed by atoms with van der Waals surface area (Å²) < 4.78 is 25.4. The molecule has 0 spiro atoms. The first-order valence-corrected chi connectivity index (χ1v) is 5.03. The summed E-state index contributed by atoms with van der Waals surface area (Å²) in [4.78, 5) is 0. The Kier molecular flexibility index (Phi) is 6.09. The van der Waals surface area contributed by atoms with Crippen LogP contribution in [0.3, 0.4) is 0 Å². The SMILES string of the molecule is CC.CC(C)Cc1ccc(F)cc1F. The minimum Gasteiger partial charge on any atom is -0.207 e. The molecule has 0 aromatic heterocycles. The maximum atomic E-state index is 13.0. The number of hydrogen-bond acceptors (Lipinski definition) is 0. The Balaban J connectivity index is 0.000000791. The third kappa shape index (κ3) is 4.35. The Hall–Kier alpha value is -0.920. The first-order valence-electron chi connectivity index (χ1n) is 5.03. The summed E-state index contributed by atoms with van der Waals surface area (Å²) in [7, 11) is 0. The Morgan fingerprint density at radius 3 is 2.14 bits per heavy atom. The molecular formula is C12H18F2. The molecule has 0 nitrogen and oxygen atoms in total. The van der Waals surface area contributed by atoms with E-state index in [0.717, 1.165) is 6.07 Å². The van der Waals surface area contributed by atoms with Crippen molar-refractivity contribution >= 4 is 0 Å². The van der Waals surface area contributed by atoms with Gasteiger partial charge in [-0.05, 0) is 24.0 Å². The molecule has 0 unspecified atom stereocenters. The zero-order valence-electron chi connectivity index (χ0n) is 9.27. The predicted molar refractivity (Wildman–Crippen MR) is 56.2 cm³/mol. The lowest BCUT2D eigenvalue weighted by Gasteiger charge is -2.05. The van der Waals surface area contributed by atoms with E-state index in [1.54, 1.807) is 0 Å². The fourth-order valence-electron chi connectivity index (χ4n) is 1.13. The van der Waals surface area contributed by atoms with E-state index in [2.05, 4.69) is 0 Å². The fraction of sp³-hybridized carbons (Fsp3) is 0.500. The van der Waals surface area contributed by atoms with Gasteiger partial charge in [-0.3, -0.25) is 0 Å². The Bertz CT molecular complexity index is 267. The summed E-state index contributed by atoms with van der Waals surface area (Å²) in [6.07, 6.45) is 0.659. The third-order valence-corrected chi connectivity index (χ3v) is 1.64. The van der Waals surface area contributed by atoms with Crippen LogP contribution in [0.4, 0.5) is 8.78 Å². The van der Waals surface area contributed by atoms with Crippen LogP contribution >= 0.6 is 0 Å². The van der Waals surface area contributed by atoms with Gasteiger partial charge < -0.3 is 0 Å². The lowest BCUT2D eigenvalue weighted by atomic mass is 10.0. The average Bonchev–Trinajstić information content (AvgIpc) is 2.13. The van der Waals surface area contributed by atoms with E-state index >= 15 is 0 Å². The topological polar surface area (TPSA) is 0 Å². The Labute approximate surface area is 85.0 Å². The molecular weight excluding hydrogens is 182 g/mol. The highest BCUT2D eigenvalue weighted by Crippen LogP contribution is 2.13. The lowest BCUT2D eigenvalue weighted by molar-refractivity contribution is 0.552. The summed E-state index contributed by atoms with van der Waals surface area (Å²) >= 11 is 0. The summed E-state index contributed by atoms with van der Waals surface area (Å²) in [6, 6.07) is 3.73. The van der Waals surface area contributed by atoms with Gasteiger partial charge in [-0.2, -0.15) is 0 Å². The molecule has 0 heterocycles. The van der Waals surface area contributed by atoms with Gasteiger partial charge in [0.2, 0.25) is 0 Å². The van der Waals surface area contributed by atoms with Gasteiger partial charge in [0.1, 0.15) is 11.6 Å². The van der Waals surface area contributed by atoms with Crippen molar-refractivity contribution in [3.8, 4) is 0 Å². The molecule has 0 saturated heterocycles. The van der Waals surface area contributed by atoms with Crippen molar-refractivity contribution in [3.63, 3.8) is 0 Å². The van der Waals surface area contributed by atoms with Gasteiger partial charge in [-0.1, -0.05) is 33.8 Å². The van der Waals surface area contributed by atoms with Gasteiger partial charge >= 0.3 is 0 Å². The van der Waals surface area contributed by atoms with Gasteiger partial charge in [0.05, 0.1) is 0 Å². The van der Waals surface area contributed by atoms with E-state index in [9.17, 15) is 8.78 Å². The smallest absolute Gasteiger partial charge is 0.129 e. The second kappa shape index (κ2) is 6.52. The van der Waals surface area contributed by atoms with Crippen LogP contribution in [0.2, 0.25) is 0 Å². The van der Waals surface area contributed by atoms with Crippen molar-refractivity contribution in [1.82, 2.24) is 0 Å². The predicted octanol–water partition coefficient (Wildman–Crippen LogP) is 4.19. The van der Waals surface area contributed by atoms with Gasteiger partial charge in [0, 0.05) is 6.07 Å². The standard InChI is InChI=1S/C10H12F2.C2H6/c1-7(2)5-8-3-4-9(11)6-10(8)12;1-2/h3-4,6-7H,5H2,1-2H3;1-2H3. The summed E-state index contributed by atoms with van der Waals surface area (Å²) in [5, 5.41) is 0. The highest BCUT2D eigenvalue weighted by atomic mass is 19.1. The van der Waals surface area contributed by atoms with Gasteiger partial charge in [0.25, 0.3) is 0 Å². The van der Waals surface area contributed by atoms with E-state index in [1.807, 2.05) is 27.7 Å². The highest BCUT2D eigenvalue weighted by molar-refractivity contribution is 5.18. The third-order valence-electron chi connectivity index (χ3n) is 1.64. The molecule has 80 valence electrons. The van der Waals surface area contributed by atoms with Crippen molar-refractivity contribution in [2.75, 3.05) is 0 Å². The lowest BCUT2D eigenvalue weighted by Crippen LogP contribution is -1.97. The van der Waals surface area contributed by atoms with Crippen LogP contribution in [0, 0.1) is 17.6 Å². The first-order chi connectivity index (χ1) is 6.59. The average molecular weight is 200 g/mol. The normalized spacial score (nSPS) is 9.64. The van der Waals surface area contributed by atoms with Crippen LogP contribution in [-0.2, 0) is 6.42 Å². The van der Waals surface area contributed by atoms with Crippen LogP contribution < -0.4 is 0 Å².